The Morgan fingerprint density at radius 2 is 1.46 bits per heavy atom. The van der Waals surface area contributed by atoms with Gasteiger partial charge in [-0.25, -0.2) is 0 Å². The van der Waals surface area contributed by atoms with Crippen LogP contribution in [-0.2, 0) is 27.4 Å². The Morgan fingerprint density at radius 3 is 2.18 bits per heavy atom. The lowest BCUT2D eigenvalue weighted by Crippen LogP contribution is -2.53. The summed E-state index contributed by atoms with van der Waals surface area (Å²) in [5, 5.41) is 0. The molecule has 0 aliphatic heterocycles. The Labute approximate surface area is 237 Å². The molecule has 3 nitrogen and oxygen atoms in total. The van der Waals surface area contributed by atoms with Crippen LogP contribution in [0.4, 0.5) is 0 Å². The van der Waals surface area contributed by atoms with Gasteiger partial charge in [0.1, 0.15) is 0 Å². The van der Waals surface area contributed by atoms with Gasteiger partial charge < -0.3 is 14.2 Å². The highest BCUT2D eigenvalue weighted by atomic mass is 16.5. The lowest BCUT2D eigenvalue weighted by atomic mass is 9.48. The zero-order valence-corrected chi connectivity index (χ0v) is 24.5. The van der Waals surface area contributed by atoms with Gasteiger partial charge in [0.15, 0.2) is 0 Å². The Morgan fingerprint density at radius 1 is 0.769 bits per heavy atom. The van der Waals surface area contributed by atoms with Crippen LogP contribution < -0.4 is 0 Å². The third kappa shape index (κ3) is 5.48. The Hall–Kier alpha value is -1.68. The molecule has 4 aliphatic carbocycles. The molecule has 0 radical (unpaired) electrons. The van der Waals surface area contributed by atoms with Crippen LogP contribution in [0.5, 0.6) is 0 Å². The molecule has 4 fully saturated rings. The number of fused-ring (bicyclic) bond motifs is 5. The molecule has 0 bridgehead atoms. The second-order valence-electron chi connectivity index (χ2n) is 13.8. The molecule has 9 atom stereocenters. The van der Waals surface area contributed by atoms with E-state index in [1.165, 1.54) is 68.9 Å². The number of hydrogen-bond acceptors (Lipinski definition) is 3. The molecule has 212 valence electrons. The van der Waals surface area contributed by atoms with Crippen molar-refractivity contribution < 1.29 is 14.2 Å². The molecule has 39 heavy (non-hydrogen) atoms. The summed E-state index contributed by atoms with van der Waals surface area (Å²) in [6, 6.07) is 21.4. The van der Waals surface area contributed by atoms with E-state index in [2.05, 4.69) is 74.5 Å². The number of benzene rings is 2. The van der Waals surface area contributed by atoms with E-state index in [1.807, 2.05) is 7.11 Å². The van der Waals surface area contributed by atoms with Crippen LogP contribution >= 0.6 is 0 Å². The SMILES string of the molecule is COC[C@]12CC[C@H]3[C@@H](CC[C@@H]4C[C@](C)(OCc5ccccc5)CC[C@@H]43)[C@@H]1CC[C@@H]2C(C)OCc1ccccc1. The van der Waals surface area contributed by atoms with Gasteiger partial charge in [-0.1, -0.05) is 60.7 Å². The maximum atomic E-state index is 6.62. The fraction of sp³-hybridized carbons (Fsp3) is 0.667. The first-order chi connectivity index (χ1) is 19.0. The van der Waals surface area contributed by atoms with Crippen LogP contribution in [0.25, 0.3) is 0 Å². The fourth-order valence-electron chi connectivity index (χ4n) is 10.1. The van der Waals surface area contributed by atoms with Crippen molar-refractivity contribution in [1.29, 1.82) is 0 Å². The molecule has 1 unspecified atom stereocenters. The minimum atomic E-state index is 0.0301. The summed E-state index contributed by atoms with van der Waals surface area (Å²) in [5.41, 5.74) is 2.89. The normalized spacial score (nSPS) is 38.4. The Bertz CT molecular complexity index is 1060. The second-order valence-corrected chi connectivity index (χ2v) is 13.8. The highest BCUT2D eigenvalue weighted by molar-refractivity contribution is 5.15. The third-order valence-electron chi connectivity index (χ3n) is 11.8. The van der Waals surface area contributed by atoms with Crippen LogP contribution in [0.2, 0.25) is 0 Å². The lowest BCUT2D eigenvalue weighted by Gasteiger charge is -2.58. The number of ether oxygens (including phenoxy) is 3. The standard InChI is InChI=1S/C36H50O3/c1-26(38-23-27-10-6-4-7-11-27)33-16-17-34-32-15-14-29-22-35(2,39-24-28-12-8-5-9-13-28)20-18-30(29)31(32)19-21-36(33,34)25-37-3/h4-13,26,29-34H,14-25H2,1-3H3/t26?,29-,30+,31-,32-,33-,34+,35-,36+/m1/s1. The molecule has 0 spiro atoms. The summed E-state index contributed by atoms with van der Waals surface area (Å²) < 4.78 is 19.2. The van der Waals surface area contributed by atoms with Crippen LogP contribution in [-0.4, -0.2) is 25.4 Å². The molecule has 3 heteroatoms. The molecule has 0 heterocycles. The summed E-state index contributed by atoms with van der Waals surface area (Å²) in [6.07, 6.45) is 12.2. The maximum absolute atomic E-state index is 6.62. The zero-order chi connectivity index (χ0) is 26.9. The molecular formula is C36H50O3. The smallest absolute Gasteiger partial charge is 0.0724 e. The van der Waals surface area contributed by atoms with E-state index in [0.717, 1.165) is 42.8 Å². The topological polar surface area (TPSA) is 27.7 Å². The van der Waals surface area contributed by atoms with Crippen molar-refractivity contribution in [3.8, 4) is 0 Å². The molecule has 6 rings (SSSR count). The molecule has 0 amide bonds. The highest BCUT2D eigenvalue weighted by Crippen LogP contribution is 2.65. The lowest BCUT2D eigenvalue weighted by molar-refractivity contribution is -0.147. The minimum Gasteiger partial charge on any atom is -0.384 e. The average Bonchev–Trinajstić information content (AvgIpc) is 3.35. The second kappa shape index (κ2) is 11.7. The van der Waals surface area contributed by atoms with E-state index >= 15 is 0 Å². The van der Waals surface area contributed by atoms with Gasteiger partial charge in [0.05, 0.1) is 31.5 Å². The van der Waals surface area contributed by atoms with Crippen LogP contribution in [0.3, 0.4) is 0 Å². The van der Waals surface area contributed by atoms with Gasteiger partial charge in [-0.2, -0.15) is 0 Å². The van der Waals surface area contributed by atoms with Gasteiger partial charge >= 0.3 is 0 Å². The summed E-state index contributed by atoms with van der Waals surface area (Å²) in [6.45, 7) is 7.10. The molecule has 0 N–H and O–H groups in total. The van der Waals surface area contributed by atoms with Crippen LogP contribution in [0, 0.1) is 40.9 Å². The predicted octanol–water partition coefficient (Wildman–Crippen LogP) is 8.46. The summed E-state index contributed by atoms with van der Waals surface area (Å²) in [7, 11) is 1.93. The van der Waals surface area contributed by atoms with E-state index in [9.17, 15) is 0 Å². The van der Waals surface area contributed by atoms with Crippen LogP contribution in [0.1, 0.15) is 82.8 Å². The first-order valence-corrected chi connectivity index (χ1v) is 15.8. The Kier molecular flexibility index (Phi) is 8.22. The molecule has 4 saturated carbocycles. The number of methoxy groups -OCH3 is 1. The summed E-state index contributed by atoms with van der Waals surface area (Å²) in [5.74, 6) is 4.90. The third-order valence-corrected chi connectivity index (χ3v) is 11.8. The summed E-state index contributed by atoms with van der Waals surface area (Å²) >= 11 is 0. The predicted molar refractivity (Wildman–Crippen MR) is 157 cm³/mol. The summed E-state index contributed by atoms with van der Waals surface area (Å²) in [4.78, 5) is 0. The molecule has 4 aliphatic rings. The van der Waals surface area contributed by atoms with E-state index in [0.29, 0.717) is 17.9 Å². The first-order valence-electron chi connectivity index (χ1n) is 15.8. The zero-order valence-electron chi connectivity index (χ0n) is 24.5. The first kappa shape index (κ1) is 27.5. The van der Waals surface area contributed by atoms with Crippen molar-refractivity contribution in [2.75, 3.05) is 13.7 Å². The fourth-order valence-corrected chi connectivity index (χ4v) is 10.1. The van der Waals surface area contributed by atoms with Crippen LogP contribution in [0.15, 0.2) is 60.7 Å². The molecule has 0 saturated heterocycles. The quantitative estimate of drug-likeness (QED) is 0.325. The monoisotopic (exact) mass is 530 g/mol. The molecule has 2 aromatic rings. The van der Waals surface area contributed by atoms with Gasteiger partial charge in [0, 0.05) is 12.5 Å². The highest BCUT2D eigenvalue weighted by Gasteiger charge is 2.60. The van der Waals surface area contributed by atoms with Gasteiger partial charge in [0.2, 0.25) is 0 Å². The largest absolute Gasteiger partial charge is 0.384 e. The van der Waals surface area contributed by atoms with E-state index in [1.54, 1.807) is 0 Å². The average molecular weight is 531 g/mol. The van der Waals surface area contributed by atoms with E-state index < -0.39 is 0 Å². The van der Waals surface area contributed by atoms with E-state index in [-0.39, 0.29) is 11.7 Å². The molecule has 0 aromatic heterocycles. The van der Waals surface area contributed by atoms with Crippen molar-refractivity contribution in [3.05, 3.63) is 71.8 Å². The van der Waals surface area contributed by atoms with Crippen molar-refractivity contribution in [1.82, 2.24) is 0 Å². The van der Waals surface area contributed by atoms with Crippen molar-refractivity contribution in [3.63, 3.8) is 0 Å². The Balaban J connectivity index is 1.11. The van der Waals surface area contributed by atoms with Gasteiger partial charge in [-0.05, 0) is 118 Å². The van der Waals surface area contributed by atoms with Crippen molar-refractivity contribution in [2.45, 2.75) is 96.6 Å². The number of rotatable bonds is 9. The molecular weight excluding hydrogens is 480 g/mol. The van der Waals surface area contributed by atoms with Gasteiger partial charge in [0.25, 0.3) is 0 Å². The molecule has 2 aromatic carbocycles. The van der Waals surface area contributed by atoms with E-state index in [4.69, 9.17) is 14.2 Å². The maximum Gasteiger partial charge on any atom is 0.0724 e. The van der Waals surface area contributed by atoms with Crippen molar-refractivity contribution >= 4 is 0 Å². The minimum absolute atomic E-state index is 0.0301. The van der Waals surface area contributed by atoms with Crippen molar-refractivity contribution in [2.24, 2.45) is 40.9 Å². The van der Waals surface area contributed by atoms with Gasteiger partial charge in [-0.3, -0.25) is 0 Å². The van der Waals surface area contributed by atoms with Gasteiger partial charge in [-0.15, -0.1) is 0 Å². The number of hydrogen-bond donors (Lipinski definition) is 0.